The summed E-state index contributed by atoms with van der Waals surface area (Å²) in [7, 11) is 6.49. The lowest BCUT2D eigenvalue weighted by atomic mass is 9.91. The molecule has 4 rings (SSSR count). The molecule has 0 amide bonds. The smallest absolute Gasteiger partial charge is 0.203 e. The van der Waals surface area contributed by atoms with Gasteiger partial charge in [-0.25, -0.2) is 0 Å². The van der Waals surface area contributed by atoms with Gasteiger partial charge in [0.25, 0.3) is 0 Å². The number of nitrogens with zero attached hydrogens (tertiary/aromatic N) is 1. The largest absolute Gasteiger partial charge is 0.507 e. The molecule has 0 saturated carbocycles. The van der Waals surface area contributed by atoms with Gasteiger partial charge in [-0.1, -0.05) is 30.7 Å². The zero-order chi connectivity index (χ0) is 22.7. The molecule has 32 heavy (non-hydrogen) atoms. The number of phenolic OH excluding ortho intramolecular Hbond substituents is 1. The van der Waals surface area contributed by atoms with Crippen molar-refractivity contribution in [2.24, 2.45) is 0 Å². The average molecular weight is 438 g/mol. The number of aromatic hydroxyl groups is 1. The minimum absolute atomic E-state index is 0.153. The molecular formula is C26H31NO5. The summed E-state index contributed by atoms with van der Waals surface area (Å²) >= 11 is 0. The van der Waals surface area contributed by atoms with Crippen LogP contribution in [0.5, 0.6) is 28.7 Å². The van der Waals surface area contributed by atoms with Crippen molar-refractivity contribution in [3.8, 4) is 28.7 Å². The van der Waals surface area contributed by atoms with Crippen molar-refractivity contribution in [3.05, 3.63) is 53.6 Å². The molecule has 1 aliphatic rings. The molecule has 6 heteroatoms. The van der Waals surface area contributed by atoms with E-state index in [9.17, 15) is 5.11 Å². The Bertz CT molecular complexity index is 1070. The molecule has 1 unspecified atom stereocenters. The number of ether oxygens (including phenoxy) is 4. The zero-order valence-electron chi connectivity index (χ0n) is 19.2. The molecule has 170 valence electrons. The fraction of sp³-hybridized carbons (Fsp3) is 0.385. The number of benzene rings is 3. The maximum absolute atomic E-state index is 11.4. The van der Waals surface area contributed by atoms with Crippen LogP contribution in [0.15, 0.2) is 42.5 Å². The van der Waals surface area contributed by atoms with Crippen molar-refractivity contribution >= 4 is 10.8 Å². The highest BCUT2D eigenvalue weighted by Crippen LogP contribution is 2.46. The Hall–Kier alpha value is -3.12. The molecule has 1 fully saturated rings. The number of likely N-dealkylation sites (tertiary alicyclic amines) is 1. The van der Waals surface area contributed by atoms with Crippen LogP contribution < -0.4 is 18.9 Å². The Balaban J connectivity index is 1.92. The molecule has 1 aliphatic heterocycles. The van der Waals surface area contributed by atoms with E-state index in [0.717, 1.165) is 53.6 Å². The molecule has 1 N–H and O–H groups in total. The van der Waals surface area contributed by atoms with Gasteiger partial charge in [0, 0.05) is 16.3 Å². The number of phenols is 1. The number of methoxy groups -OCH3 is 4. The lowest BCUT2D eigenvalue weighted by Crippen LogP contribution is -2.34. The molecule has 0 aliphatic carbocycles. The second kappa shape index (κ2) is 9.57. The first-order valence-corrected chi connectivity index (χ1v) is 11.0. The Kier molecular flexibility index (Phi) is 6.61. The summed E-state index contributed by atoms with van der Waals surface area (Å²) in [4.78, 5) is 2.42. The lowest BCUT2D eigenvalue weighted by molar-refractivity contribution is 0.184. The predicted octanol–water partition coefficient (Wildman–Crippen LogP) is 5.16. The van der Waals surface area contributed by atoms with Crippen LogP contribution in [0.4, 0.5) is 0 Å². The summed E-state index contributed by atoms with van der Waals surface area (Å²) in [5.74, 6) is 2.78. The molecule has 6 nitrogen and oxygen atoms in total. The summed E-state index contributed by atoms with van der Waals surface area (Å²) in [6, 6.07) is 13.6. The summed E-state index contributed by atoms with van der Waals surface area (Å²) < 4.78 is 22.3. The topological polar surface area (TPSA) is 60.4 Å². The Morgan fingerprint density at radius 2 is 1.41 bits per heavy atom. The van der Waals surface area contributed by atoms with Crippen molar-refractivity contribution in [2.45, 2.75) is 25.3 Å². The van der Waals surface area contributed by atoms with Gasteiger partial charge in [-0.05, 0) is 49.7 Å². The van der Waals surface area contributed by atoms with Gasteiger partial charge in [0.1, 0.15) is 11.5 Å². The van der Waals surface area contributed by atoms with Gasteiger partial charge < -0.3 is 24.1 Å². The third-order valence-corrected chi connectivity index (χ3v) is 6.30. The number of rotatable bonds is 7. The van der Waals surface area contributed by atoms with Gasteiger partial charge >= 0.3 is 0 Å². The molecular weight excluding hydrogens is 406 g/mol. The zero-order valence-corrected chi connectivity index (χ0v) is 19.2. The molecule has 0 spiro atoms. The Labute approximate surface area is 189 Å². The first kappa shape index (κ1) is 22.1. The summed E-state index contributed by atoms with van der Waals surface area (Å²) in [5.41, 5.74) is 1.83. The van der Waals surface area contributed by atoms with Gasteiger partial charge in [-0.3, -0.25) is 4.90 Å². The molecule has 1 atom stereocenters. The van der Waals surface area contributed by atoms with Crippen molar-refractivity contribution < 1.29 is 24.1 Å². The van der Waals surface area contributed by atoms with Crippen LogP contribution in [0.2, 0.25) is 0 Å². The quantitative estimate of drug-likeness (QED) is 0.551. The molecule has 1 saturated heterocycles. The molecule has 1 heterocycles. The van der Waals surface area contributed by atoms with Crippen LogP contribution in [0.25, 0.3) is 10.8 Å². The van der Waals surface area contributed by atoms with Crippen LogP contribution in [-0.4, -0.2) is 51.5 Å². The number of hydrogen-bond acceptors (Lipinski definition) is 6. The molecule has 0 bridgehead atoms. The maximum Gasteiger partial charge on any atom is 0.203 e. The summed E-state index contributed by atoms with van der Waals surface area (Å²) in [6.07, 6.45) is 3.48. The van der Waals surface area contributed by atoms with E-state index in [4.69, 9.17) is 18.9 Å². The average Bonchev–Trinajstić information content (AvgIpc) is 2.85. The van der Waals surface area contributed by atoms with E-state index in [1.54, 1.807) is 28.4 Å². The highest BCUT2D eigenvalue weighted by atomic mass is 16.5. The van der Waals surface area contributed by atoms with Crippen LogP contribution >= 0.6 is 0 Å². The third kappa shape index (κ3) is 3.91. The second-order valence-electron chi connectivity index (χ2n) is 8.02. The Morgan fingerprint density at radius 3 is 2.00 bits per heavy atom. The van der Waals surface area contributed by atoms with Gasteiger partial charge in [-0.2, -0.15) is 0 Å². The van der Waals surface area contributed by atoms with Crippen molar-refractivity contribution in [2.75, 3.05) is 41.5 Å². The van der Waals surface area contributed by atoms with Crippen LogP contribution in [-0.2, 0) is 0 Å². The summed E-state index contributed by atoms with van der Waals surface area (Å²) in [5, 5.41) is 13.1. The molecule has 0 radical (unpaired) electrons. The van der Waals surface area contributed by atoms with Gasteiger partial charge in [-0.15, -0.1) is 0 Å². The van der Waals surface area contributed by atoms with E-state index < -0.39 is 0 Å². The number of piperidine rings is 1. The normalized spacial score (nSPS) is 15.4. The minimum atomic E-state index is -0.153. The van der Waals surface area contributed by atoms with Crippen LogP contribution in [0, 0.1) is 0 Å². The van der Waals surface area contributed by atoms with E-state index >= 15 is 0 Å². The van der Waals surface area contributed by atoms with Crippen molar-refractivity contribution in [3.63, 3.8) is 0 Å². The number of hydrogen-bond donors (Lipinski definition) is 1. The predicted molar refractivity (Wildman–Crippen MR) is 126 cm³/mol. The summed E-state index contributed by atoms with van der Waals surface area (Å²) in [6.45, 7) is 1.91. The standard InChI is InChI=1S/C26H31NO5/c1-29-21-10-8-9-19-18(21)11-12-20(25(19)28)24(27-13-6-5-7-14-27)17-15-22(30-2)26(32-4)23(16-17)31-3/h8-12,15-16,24,28H,5-7,13-14H2,1-4H3. The second-order valence-corrected chi connectivity index (χ2v) is 8.02. The van der Waals surface area contributed by atoms with Crippen LogP contribution in [0.1, 0.15) is 36.4 Å². The van der Waals surface area contributed by atoms with Gasteiger partial charge in [0.15, 0.2) is 11.5 Å². The molecule has 0 aromatic heterocycles. The highest BCUT2D eigenvalue weighted by molar-refractivity contribution is 5.94. The monoisotopic (exact) mass is 437 g/mol. The number of fused-ring (bicyclic) bond motifs is 1. The minimum Gasteiger partial charge on any atom is -0.507 e. The van der Waals surface area contributed by atoms with E-state index in [-0.39, 0.29) is 11.8 Å². The van der Waals surface area contributed by atoms with E-state index in [2.05, 4.69) is 4.90 Å². The van der Waals surface area contributed by atoms with E-state index in [0.29, 0.717) is 17.2 Å². The third-order valence-electron chi connectivity index (χ3n) is 6.30. The van der Waals surface area contributed by atoms with Crippen LogP contribution in [0.3, 0.4) is 0 Å². The fourth-order valence-electron chi connectivity index (χ4n) is 4.75. The molecule has 3 aromatic rings. The van der Waals surface area contributed by atoms with Gasteiger partial charge in [0.2, 0.25) is 5.75 Å². The maximum atomic E-state index is 11.4. The Morgan fingerprint density at radius 1 is 0.750 bits per heavy atom. The van der Waals surface area contributed by atoms with E-state index in [1.807, 2.05) is 42.5 Å². The van der Waals surface area contributed by atoms with E-state index in [1.165, 1.54) is 6.42 Å². The SMILES string of the molecule is COc1cc(C(c2ccc3c(OC)cccc3c2O)N2CCCCC2)cc(OC)c1OC. The van der Waals surface area contributed by atoms with Crippen molar-refractivity contribution in [1.82, 2.24) is 4.90 Å². The lowest BCUT2D eigenvalue weighted by Gasteiger charge is -2.36. The first-order valence-electron chi connectivity index (χ1n) is 11.0. The van der Waals surface area contributed by atoms with Gasteiger partial charge in [0.05, 0.1) is 34.5 Å². The first-order chi connectivity index (χ1) is 15.6. The van der Waals surface area contributed by atoms with Crippen molar-refractivity contribution in [1.29, 1.82) is 0 Å². The fourth-order valence-corrected chi connectivity index (χ4v) is 4.75. The molecule has 3 aromatic carbocycles. The highest BCUT2D eigenvalue weighted by Gasteiger charge is 2.29.